The van der Waals surface area contributed by atoms with E-state index >= 15 is 0 Å². The van der Waals surface area contributed by atoms with Crippen molar-refractivity contribution in [1.29, 1.82) is 0 Å². The van der Waals surface area contributed by atoms with E-state index in [0.717, 1.165) is 13.1 Å². The van der Waals surface area contributed by atoms with Crippen LogP contribution in [-0.2, 0) is 9.59 Å². The molecule has 2 rings (SSSR count). The highest BCUT2D eigenvalue weighted by Crippen LogP contribution is 2.22. The molecule has 0 radical (unpaired) electrons. The number of hydrogen-bond donors (Lipinski definition) is 2. The predicted molar refractivity (Wildman–Crippen MR) is 73.6 cm³/mol. The van der Waals surface area contributed by atoms with E-state index in [2.05, 4.69) is 10.6 Å². The molecular weight excluding hydrogens is 242 g/mol. The van der Waals surface area contributed by atoms with Gasteiger partial charge in [-0.25, -0.2) is 0 Å². The molecule has 0 aromatic heterocycles. The lowest BCUT2D eigenvalue weighted by Gasteiger charge is -2.31. The second kappa shape index (κ2) is 6.89. The number of rotatable bonds is 4. The minimum atomic E-state index is -0.213. The zero-order valence-corrected chi connectivity index (χ0v) is 11.8. The van der Waals surface area contributed by atoms with E-state index in [9.17, 15) is 9.59 Å². The third kappa shape index (κ3) is 4.20. The van der Waals surface area contributed by atoms with Crippen LogP contribution >= 0.6 is 0 Å². The molecule has 5 nitrogen and oxygen atoms in total. The Morgan fingerprint density at radius 3 is 2.84 bits per heavy atom. The van der Waals surface area contributed by atoms with Gasteiger partial charge < -0.3 is 10.6 Å². The van der Waals surface area contributed by atoms with Gasteiger partial charge in [0.25, 0.3) is 0 Å². The average Bonchev–Trinajstić information content (AvgIpc) is 2.45. The van der Waals surface area contributed by atoms with E-state index in [1.54, 1.807) is 0 Å². The molecule has 2 aliphatic rings. The molecule has 1 saturated heterocycles. The van der Waals surface area contributed by atoms with Gasteiger partial charge in [-0.2, -0.15) is 0 Å². The Hall–Kier alpha value is -1.10. The van der Waals surface area contributed by atoms with Crippen LogP contribution in [-0.4, -0.2) is 48.9 Å². The highest BCUT2D eigenvalue weighted by molar-refractivity contribution is 5.83. The Labute approximate surface area is 115 Å². The van der Waals surface area contributed by atoms with E-state index in [1.807, 2.05) is 11.8 Å². The predicted octanol–water partition coefficient (Wildman–Crippen LogP) is 0.503. The summed E-state index contributed by atoms with van der Waals surface area (Å²) in [4.78, 5) is 25.4. The summed E-state index contributed by atoms with van der Waals surface area (Å²) in [5.74, 6) is 0.716. The van der Waals surface area contributed by atoms with Gasteiger partial charge in [-0.3, -0.25) is 14.5 Å². The SMILES string of the molecule is CC(C(=O)NCC1CCCCC1)N1CCNC(=O)C1. The molecule has 19 heavy (non-hydrogen) atoms. The van der Waals surface area contributed by atoms with Gasteiger partial charge in [-0.15, -0.1) is 0 Å². The van der Waals surface area contributed by atoms with Gasteiger partial charge in [0.05, 0.1) is 12.6 Å². The van der Waals surface area contributed by atoms with Crippen LogP contribution < -0.4 is 10.6 Å². The van der Waals surface area contributed by atoms with Gasteiger partial charge in [-0.1, -0.05) is 19.3 Å². The minimum Gasteiger partial charge on any atom is -0.354 e. The fourth-order valence-electron chi connectivity index (χ4n) is 2.94. The van der Waals surface area contributed by atoms with Crippen molar-refractivity contribution in [3.8, 4) is 0 Å². The molecule has 2 amide bonds. The van der Waals surface area contributed by atoms with Crippen LogP contribution in [0.2, 0.25) is 0 Å². The Morgan fingerprint density at radius 2 is 2.16 bits per heavy atom. The van der Waals surface area contributed by atoms with Gasteiger partial charge >= 0.3 is 0 Å². The molecule has 5 heteroatoms. The second-order valence-electron chi connectivity index (χ2n) is 5.75. The van der Waals surface area contributed by atoms with Crippen LogP contribution in [0.5, 0.6) is 0 Å². The van der Waals surface area contributed by atoms with Crippen molar-refractivity contribution >= 4 is 11.8 Å². The highest BCUT2D eigenvalue weighted by atomic mass is 16.2. The standard InChI is InChI=1S/C14H25N3O2/c1-11(17-8-7-15-13(18)10-17)14(19)16-9-12-5-3-2-4-6-12/h11-12H,2-10H2,1H3,(H,15,18)(H,16,19). The summed E-state index contributed by atoms with van der Waals surface area (Å²) in [5.41, 5.74) is 0. The number of nitrogens with one attached hydrogen (secondary N) is 2. The average molecular weight is 267 g/mol. The molecule has 0 spiro atoms. The van der Waals surface area contributed by atoms with Crippen molar-refractivity contribution in [2.45, 2.75) is 45.1 Å². The first-order chi connectivity index (χ1) is 9.16. The van der Waals surface area contributed by atoms with E-state index in [-0.39, 0.29) is 17.9 Å². The minimum absolute atomic E-state index is 0.0122. The third-order valence-electron chi connectivity index (χ3n) is 4.28. The van der Waals surface area contributed by atoms with Gasteiger partial charge in [0.15, 0.2) is 0 Å². The summed E-state index contributed by atoms with van der Waals surface area (Å²) < 4.78 is 0. The molecule has 1 heterocycles. The summed E-state index contributed by atoms with van der Waals surface area (Å²) in [6.07, 6.45) is 6.40. The summed E-state index contributed by atoms with van der Waals surface area (Å²) in [5, 5.41) is 5.83. The maximum atomic E-state index is 12.1. The Bertz CT molecular complexity index is 327. The van der Waals surface area contributed by atoms with Crippen molar-refractivity contribution in [2.75, 3.05) is 26.2 Å². The van der Waals surface area contributed by atoms with Gasteiger partial charge in [0.1, 0.15) is 0 Å². The van der Waals surface area contributed by atoms with Crippen LogP contribution in [0, 0.1) is 5.92 Å². The lowest BCUT2D eigenvalue weighted by Crippen LogP contribution is -2.55. The van der Waals surface area contributed by atoms with Crippen molar-refractivity contribution in [3.63, 3.8) is 0 Å². The van der Waals surface area contributed by atoms with Crippen molar-refractivity contribution in [3.05, 3.63) is 0 Å². The molecule has 1 aliphatic carbocycles. The molecule has 1 saturated carbocycles. The number of hydrogen-bond acceptors (Lipinski definition) is 3. The number of nitrogens with zero attached hydrogens (tertiary/aromatic N) is 1. The Morgan fingerprint density at radius 1 is 1.42 bits per heavy atom. The summed E-state index contributed by atoms with van der Waals surface area (Å²) >= 11 is 0. The van der Waals surface area contributed by atoms with Crippen LogP contribution in [0.4, 0.5) is 0 Å². The number of amides is 2. The van der Waals surface area contributed by atoms with E-state index in [0.29, 0.717) is 19.0 Å². The molecule has 2 fully saturated rings. The molecule has 1 aliphatic heterocycles. The molecule has 0 aromatic rings. The molecule has 0 aromatic carbocycles. The Kier molecular flexibility index (Phi) is 5.19. The number of carbonyl (C=O) groups excluding carboxylic acids is 2. The largest absolute Gasteiger partial charge is 0.354 e. The zero-order valence-electron chi connectivity index (χ0n) is 11.8. The molecule has 2 N–H and O–H groups in total. The van der Waals surface area contributed by atoms with Crippen LogP contribution in [0.3, 0.4) is 0 Å². The third-order valence-corrected chi connectivity index (χ3v) is 4.28. The Balaban J connectivity index is 1.73. The lowest BCUT2D eigenvalue weighted by molar-refractivity contribution is -0.130. The second-order valence-corrected chi connectivity index (χ2v) is 5.75. The summed E-state index contributed by atoms with van der Waals surface area (Å²) in [7, 11) is 0. The summed E-state index contributed by atoms with van der Waals surface area (Å²) in [6.45, 7) is 4.40. The number of carbonyl (C=O) groups is 2. The van der Waals surface area contributed by atoms with Crippen molar-refractivity contribution in [1.82, 2.24) is 15.5 Å². The molecule has 108 valence electrons. The summed E-state index contributed by atoms with van der Waals surface area (Å²) in [6, 6.07) is -0.213. The lowest BCUT2D eigenvalue weighted by atomic mass is 9.89. The van der Waals surface area contributed by atoms with Crippen LogP contribution in [0.1, 0.15) is 39.0 Å². The number of piperazine rings is 1. The first-order valence-electron chi connectivity index (χ1n) is 7.45. The van der Waals surface area contributed by atoms with Gasteiger partial charge in [0.2, 0.25) is 11.8 Å². The fourth-order valence-corrected chi connectivity index (χ4v) is 2.94. The van der Waals surface area contributed by atoms with Crippen molar-refractivity contribution < 1.29 is 9.59 Å². The van der Waals surface area contributed by atoms with Gasteiger partial charge in [0, 0.05) is 19.6 Å². The first-order valence-corrected chi connectivity index (χ1v) is 7.45. The zero-order chi connectivity index (χ0) is 13.7. The quantitative estimate of drug-likeness (QED) is 0.780. The first kappa shape index (κ1) is 14.3. The van der Waals surface area contributed by atoms with Crippen LogP contribution in [0.15, 0.2) is 0 Å². The van der Waals surface area contributed by atoms with Gasteiger partial charge in [-0.05, 0) is 25.7 Å². The molecule has 0 bridgehead atoms. The highest BCUT2D eigenvalue weighted by Gasteiger charge is 2.26. The van der Waals surface area contributed by atoms with Crippen LogP contribution in [0.25, 0.3) is 0 Å². The normalized spacial score (nSPS) is 23.7. The monoisotopic (exact) mass is 267 g/mol. The molecule has 1 atom stereocenters. The van der Waals surface area contributed by atoms with E-state index in [4.69, 9.17) is 0 Å². The molecular formula is C14H25N3O2. The smallest absolute Gasteiger partial charge is 0.237 e. The molecule has 1 unspecified atom stereocenters. The maximum Gasteiger partial charge on any atom is 0.237 e. The topological polar surface area (TPSA) is 61.4 Å². The van der Waals surface area contributed by atoms with Crippen molar-refractivity contribution in [2.24, 2.45) is 5.92 Å². The maximum absolute atomic E-state index is 12.1. The fraction of sp³-hybridized carbons (Fsp3) is 0.857. The van der Waals surface area contributed by atoms with E-state index in [1.165, 1.54) is 32.1 Å². The van der Waals surface area contributed by atoms with E-state index < -0.39 is 0 Å².